The van der Waals surface area contributed by atoms with Gasteiger partial charge in [0.2, 0.25) is 10.0 Å². The molecule has 23 heavy (non-hydrogen) atoms. The molecule has 1 aromatic carbocycles. The summed E-state index contributed by atoms with van der Waals surface area (Å²) in [5.41, 5.74) is 3.67. The van der Waals surface area contributed by atoms with Crippen molar-refractivity contribution in [2.24, 2.45) is 0 Å². The lowest BCUT2D eigenvalue weighted by molar-refractivity contribution is 0.580. The van der Waals surface area contributed by atoms with Crippen LogP contribution < -0.4 is 4.72 Å². The van der Waals surface area contributed by atoms with Crippen molar-refractivity contribution in [1.29, 1.82) is 0 Å². The van der Waals surface area contributed by atoms with Crippen LogP contribution in [-0.2, 0) is 23.0 Å². The number of nitrogens with zero attached hydrogens (tertiary/aromatic N) is 2. The maximum atomic E-state index is 12.1. The Hall–Kier alpha value is -2.18. The molecule has 1 N–H and O–H groups in total. The van der Waals surface area contributed by atoms with E-state index in [2.05, 4.69) is 9.71 Å². The number of imidazole rings is 1. The van der Waals surface area contributed by atoms with Gasteiger partial charge in [0.1, 0.15) is 5.65 Å². The Balaban J connectivity index is 1.61. The number of benzene rings is 1. The van der Waals surface area contributed by atoms with Crippen LogP contribution in [0.4, 0.5) is 0 Å². The highest BCUT2D eigenvalue weighted by atomic mass is 32.2. The third kappa shape index (κ3) is 4.18. The van der Waals surface area contributed by atoms with E-state index >= 15 is 0 Å². The van der Waals surface area contributed by atoms with Crippen molar-refractivity contribution in [1.82, 2.24) is 14.1 Å². The first-order chi connectivity index (χ1) is 11.0. The van der Waals surface area contributed by atoms with Gasteiger partial charge in [-0.1, -0.05) is 30.3 Å². The summed E-state index contributed by atoms with van der Waals surface area (Å²) in [5.74, 6) is 0.0729. The summed E-state index contributed by atoms with van der Waals surface area (Å²) >= 11 is 0. The molecule has 0 bridgehead atoms. The second kappa shape index (κ2) is 6.52. The van der Waals surface area contributed by atoms with Crippen LogP contribution >= 0.6 is 0 Å². The van der Waals surface area contributed by atoms with Crippen LogP contribution in [0.15, 0.2) is 54.9 Å². The largest absolute Gasteiger partial charge is 0.307 e. The van der Waals surface area contributed by atoms with E-state index in [1.807, 2.05) is 66.2 Å². The molecule has 0 amide bonds. The fraction of sp³-hybridized carbons (Fsp3) is 0.235. The fourth-order valence-electron chi connectivity index (χ4n) is 2.37. The first-order valence-corrected chi connectivity index (χ1v) is 9.12. The van der Waals surface area contributed by atoms with E-state index in [0.29, 0.717) is 12.1 Å². The molecular weight excluding hydrogens is 310 g/mol. The van der Waals surface area contributed by atoms with Crippen molar-refractivity contribution in [3.8, 4) is 0 Å². The van der Waals surface area contributed by atoms with Gasteiger partial charge in [0, 0.05) is 12.4 Å². The molecule has 2 aromatic heterocycles. The standard InChI is InChI=1S/C17H19N3O2S/c1-14-7-9-20-13-16(19-17(20)11-14)12-18-23(21,22)10-8-15-5-3-2-4-6-15/h2-7,9,11,13,18H,8,10,12H2,1H3. The second-order valence-corrected chi connectivity index (χ2v) is 7.50. The zero-order valence-corrected chi connectivity index (χ0v) is 13.8. The van der Waals surface area contributed by atoms with Crippen molar-refractivity contribution in [2.45, 2.75) is 19.9 Å². The maximum absolute atomic E-state index is 12.1. The average molecular weight is 329 g/mol. The molecule has 0 saturated carbocycles. The van der Waals surface area contributed by atoms with Gasteiger partial charge in [-0.15, -0.1) is 0 Å². The molecular formula is C17H19N3O2S. The Morgan fingerprint density at radius 2 is 1.96 bits per heavy atom. The van der Waals surface area contributed by atoms with Crippen molar-refractivity contribution in [3.63, 3.8) is 0 Å². The smallest absolute Gasteiger partial charge is 0.212 e. The van der Waals surface area contributed by atoms with Gasteiger partial charge in [-0.25, -0.2) is 18.1 Å². The van der Waals surface area contributed by atoms with Crippen LogP contribution in [0.3, 0.4) is 0 Å². The monoisotopic (exact) mass is 329 g/mol. The highest BCUT2D eigenvalue weighted by Crippen LogP contribution is 2.08. The molecule has 0 saturated heterocycles. The van der Waals surface area contributed by atoms with Gasteiger partial charge in [0.05, 0.1) is 18.0 Å². The van der Waals surface area contributed by atoms with Crippen LogP contribution in [0, 0.1) is 6.92 Å². The molecule has 0 spiro atoms. The molecule has 0 aliphatic carbocycles. The lowest BCUT2D eigenvalue weighted by Gasteiger charge is -2.05. The number of hydrogen-bond donors (Lipinski definition) is 1. The number of aromatic nitrogens is 2. The van der Waals surface area contributed by atoms with Gasteiger partial charge in [0.25, 0.3) is 0 Å². The molecule has 5 nitrogen and oxygen atoms in total. The molecule has 0 aliphatic heterocycles. The lowest BCUT2D eigenvalue weighted by atomic mass is 10.2. The zero-order valence-electron chi connectivity index (χ0n) is 12.9. The average Bonchev–Trinajstić information content (AvgIpc) is 2.94. The van der Waals surface area contributed by atoms with Gasteiger partial charge in [-0.05, 0) is 36.6 Å². The predicted molar refractivity (Wildman–Crippen MR) is 90.7 cm³/mol. The van der Waals surface area contributed by atoms with Crippen LogP contribution in [0.2, 0.25) is 0 Å². The minimum Gasteiger partial charge on any atom is -0.307 e. The number of sulfonamides is 1. The quantitative estimate of drug-likeness (QED) is 0.755. The minimum atomic E-state index is -3.32. The van der Waals surface area contributed by atoms with E-state index < -0.39 is 10.0 Å². The molecule has 0 fully saturated rings. The van der Waals surface area contributed by atoms with Gasteiger partial charge < -0.3 is 4.40 Å². The Kier molecular flexibility index (Phi) is 4.45. The summed E-state index contributed by atoms with van der Waals surface area (Å²) in [6, 6.07) is 13.6. The fourth-order valence-corrected chi connectivity index (χ4v) is 3.39. The van der Waals surface area contributed by atoms with E-state index in [9.17, 15) is 8.42 Å². The summed E-state index contributed by atoms with van der Waals surface area (Å²) in [6.07, 6.45) is 4.26. The van der Waals surface area contributed by atoms with E-state index in [-0.39, 0.29) is 12.3 Å². The van der Waals surface area contributed by atoms with Crippen LogP contribution in [0.1, 0.15) is 16.8 Å². The van der Waals surface area contributed by atoms with Gasteiger partial charge in [0.15, 0.2) is 0 Å². The molecule has 2 heterocycles. The Labute approximate surface area is 136 Å². The van der Waals surface area contributed by atoms with E-state index in [4.69, 9.17) is 0 Å². The summed E-state index contributed by atoms with van der Waals surface area (Å²) < 4.78 is 28.7. The molecule has 0 atom stereocenters. The molecule has 6 heteroatoms. The van der Waals surface area contributed by atoms with Crippen molar-refractivity contribution >= 4 is 15.7 Å². The van der Waals surface area contributed by atoms with Crippen molar-refractivity contribution in [2.75, 3.05) is 5.75 Å². The maximum Gasteiger partial charge on any atom is 0.212 e. The van der Waals surface area contributed by atoms with Crippen LogP contribution in [0.25, 0.3) is 5.65 Å². The summed E-state index contributed by atoms with van der Waals surface area (Å²) in [4.78, 5) is 4.43. The topological polar surface area (TPSA) is 63.5 Å². The Morgan fingerprint density at radius 1 is 1.17 bits per heavy atom. The zero-order chi connectivity index (χ0) is 16.3. The van der Waals surface area contributed by atoms with Crippen molar-refractivity contribution in [3.05, 3.63) is 71.7 Å². The van der Waals surface area contributed by atoms with Crippen molar-refractivity contribution < 1.29 is 8.42 Å². The molecule has 0 aliphatic rings. The SMILES string of the molecule is Cc1ccn2cc(CNS(=O)(=O)CCc3ccccc3)nc2c1. The number of fused-ring (bicyclic) bond motifs is 1. The van der Waals surface area contributed by atoms with E-state index in [0.717, 1.165) is 16.8 Å². The summed E-state index contributed by atoms with van der Waals surface area (Å²) in [7, 11) is -3.32. The lowest BCUT2D eigenvalue weighted by Crippen LogP contribution is -2.27. The van der Waals surface area contributed by atoms with E-state index in [1.54, 1.807) is 0 Å². The highest BCUT2D eigenvalue weighted by Gasteiger charge is 2.11. The number of aryl methyl sites for hydroxylation is 2. The molecule has 0 unspecified atom stereocenters. The molecule has 120 valence electrons. The first-order valence-electron chi connectivity index (χ1n) is 7.47. The highest BCUT2D eigenvalue weighted by molar-refractivity contribution is 7.89. The van der Waals surface area contributed by atoms with Gasteiger partial charge >= 0.3 is 0 Å². The molecule has 3 aromatic rings. The second-order valence-electron chi connectivity index (χ2n) is 5.58. The predicted octanol–water partition coefficient (Wildman–Crippen LogP) is 2.30. The van der Waals surface area contributed by atoms with Gasteiger partial charge in [-0.3, -0.25) is 0 Å². The third-order valence-corrected chi connectivity index (χ3v) is 4.97. The molecule has 0 radical (unpaired) electrons. The third-order valence-electron chi connectivity index (χ3n) is 3.64. The van der Waals surface area contributed by atoms with Crippen LogP contribution in [-0.4, -0.2) is 23.6 Å². The normalized spacial score (nSPS) is 11.9. The number of hydrogen-bond acceptors (Lipinski definition) is 3. The van der Waals surface area contributed by atoms with Crippen LogP contribution in [0.5, 0.6) is 0 Å². The number of pyridine rings is 1. The van der Waals surface area contributed by atoms with E-state index in [1.165, 1.54) is 0 Å². The number of rotatable bonds is 6. The minimum absolute atomic E-state index is 0.0729. The molecule has 3 rings (SSSR count). The summed E-state index contributed by atoms with van der Waals surface area (Å²) in [5, 5.41) is 0. The Morgan fingerprint density at radius 3 is 2.74 bits per heavy atom. The summed E-state index contributed by atoms with van der Waals surface area (Å²) in [6.45, 7) is 2.21. The first kappa shape index (κ1) is 15.7. The van der Waals surface area contributed by atoms with Gasteiger partial charge in [-0.2, -0.15) is 0 Å². The number of nitrogens with one attached hydrogen (secondary N) is 1. The Bertz CT molecular complexity index is 902.